The van der Waals surface area contributed by atoms with Crippen molar-refractivity contribution in [3.63, 3.8) is 0 Å². The Morgan fingerprint density at radius 3 is 2.75 bits per heavy atom. The zero-order valence-corrected chi connectivity index (χ0v) is 14.8. The number of methoxy groups -OCH3 is 1. The van der Waals surface area contributed by atoms with Crippen LogP contribution in [0.25, 0.3) is 11.2 Å². The van der Waals surface area contributed by atoms with E-state index in [2.05, 4.69) is 20.3 Å². The van der Waals surface area contributed by atoms with Crippen molar-refractivity contribution in [2.75, 3.05) is 19.0 Å². The Balaban J connectivity index is 1.59. The van der Waals surface area contributed by atoms with E-state index in [1.807, 2.05) is 0 Å². The molecule has 12 heteroatoms. The van der Waals surface area contributed by atoms with E-state index >= 15 is 0 Å². The summed E-state index contributed by atoms with van der Waals surface area (Å²) in [7, 11) is 1.42. The standard InChI is InChI=1S/C16H19N5O7/c1-26-9-4-27-7(11(9)23)2-17-14-10-15(19-5-18-14)21(6-20-10)16-13(25)12(24)8(3-22)28-16/h4-6,8,12-13,16,22-25H,2-3H2,1H3,(H,17,18,19)/t8-,12-,13+,16?/m1/s1. The van der Waals surface area contributed by atoms with Crippen LogP contribution in [0.3, 0.4) is 0 Å². The third-order valence-electron chi connectivity index (χ3n) is 4.59. The van der Waals surface area contributed by atoms with Gasteiger partial charge in [0.25, 0.3) is 0 Å². The minimum atomic E-state index is -1.26. The third-order valence-corrected chi connectivity index (χ3v) is 4.59. The van der Waals surface area contributed by atoms with E-state index in [4.69, 9.17) is 13.9 Å². The second-order valence-corrected chi connectivity index (χ2v) is 6.20. The Labute approximate surface area is 158 Å². The lowest BCUT2D eigenvalue weighted by Gasteiger charge is -2.16. The van der Waals surface area contributed by atoms with Crippen LogP contribution in [0.2, 0.25) is 0 Å². The van der Waals surface area contributed by atoms with Crippen LogP contribution in [0.1, 0.15) is 12.0 Å². The SMILES string of the molecule is COc1coc(CNc2ncnc3c2ncn3C2O[C@H](CO)[C@@H](O)[C@@H]2O)c1O. The monoisotopic (exact) mass is 393 g/mol. The van der Waals surface area contributed by atoms with Gasteiger partial charge in [0.15, 0.2) is 34.7 Å². The Morgan fingerprint density at radius 2 is 2.07 bits per heavy atom. The maximum absolute atomic E-state index is 10.2. The Hall–Kier alpha value is -2.93. The van der Waals surface area contributed by atoms with Gasteiger partial charge in [-0.05, 0) is 0 Å². The molecule has 3 aromatic rings. The highest BCUT2D eigenvalue weighted by atomic mass is 16.6. The minimum absolute atomic E-state index is 0.113. The van der Waals surface area contributed by atoms with Crippen molar-refractivity contribution in [3.8, 4) is 11.5 Å². The number of nitrogens with one attached hydrogen (secondary N) is 1. The highest BCUT2D eigenvalue weighted by Gasteiger charge is 2.44. The van der Waals surface area contributed by atoms with Crippen LogP contribution in [0.4, 0.5) is 5.82 Å². The Bertz CT molecular complexity index is 974. The summed E-state index contributed by atoms with van der Waals surface area (Å²) < 4.78 is 17.2. The van der Waals surface area contributed by atoms with Crippen LogP contribution in [0.5, 0.6) is 11.5 Å². The summed E-state index contributed by atoms with van der Waals surface area (Å²) in [6.07, 6.45) is -0.368. The van der Waals surface area contributed by atoms with Crippen LogP contribution < -0.4 is 10.1 Å². The number of aliphatic hydroxyl groups excluding tert-OH is 3. The number of imidazole rings is 1. The maximum atomic E-state index is 10.2. The fourth-order valence-corrected chi connectivity index (χ4v) is 3.09. The highest BCUT2D eigenvalue weighted by molar-refractivity contribution is 5.82. The van der Waals surface area contributed by atoms with Crippen molar-refractivity contribution < 1.29 is 34.3 Å². The van der Waals surface area contributed by atoms with E-state index in [9.17, 15) is 20.4 Å². The highest BCUT2D eigenvalue weighted by Crippen LogP contribution is 2.34. The zero-order valence-electron chi connectivity index (χ0n) is 14.8. The van der Waals surface area contributed by atoms with Gasteiger partial charge in [-0.25, -0.2) is 15.0 Å². The number of rotatable bonds is 6. The van der Waals surface area contributed by atoms with Gasteiger partial charge in [0.2, 0.25) is 5.75 Å². The van der Waals surface area contributed by atoms with Gasteiger partial charge in [0.1, 0.15) is 30.9 Å². The molecule has 1 fully saturated rings. The number of anilines is 1. The molecule has 150 valence electrons. The Kier molecular flexibility index (Phi) is 4.77. The summed E-state index contributed by atoms with van der Waals surface area (Å²) in [5, 5.41) is 42.4. The predicted octanol–water partition coefficient (Wildman–Crippen LogP) is -0.643. The normalized spacial score (nSPS) is 24.7. The van der Waals surface area contributed by atoms with Gasteiger partial charge in [-0.2, -0.15) is 0 Å². The lowest BCUT2D eigenvalue weighted by molar-refractivity contribution is -0.0511. The number of hydrogen-bond acceptors (Lipinski definition) is 11. The number of aromatic hydroxyl groups is 1. The van der Waals surface area contributed by atoms with Crippen molar-refractivity contribution in [1.29, 1.82) is 0 Å². The lowest BCUT2D eigenvalue weighted by atomic mass is 10.1. The molecule has 3 aromatic heterocycles. The van der Waals surface area contributed by atoms with E-state index in [0.717, 1.165) is 0 Å². The fourth-order valence-electron chi connectivity index (χ4n) is 3.09. The van der Waals surface area contributed by atoms with Gasteiger partial charge >= 0.3 is 0 Å². The molecule has 4 heterocycles. The molecular weight excluding hydrogens is 374 g/mol. The largest absolute Gasteiger partial charge is 0.502 e. The average molecular weight is 393 g/mol. The van der Waals surface area contributed by atoms with Crippen LogP contribution >= 0.6 is 0 Å². The second kappa shape index (κ2) is 7.24. The van der Waals surface area contributed by atoms with Gasteiger partial charge in [-0.1, -0.05) is 0 Å². The molecule has 0 aromatic carbocycles. The van der Waals surface area contributed by atoms with E-state index in [1.54, 1.807) is 0 Å². The van der Waals surface area contributed by atoms with E-state index in [0.29, 0.717) is 17.0 Å². The molecular formula is C16H19N5O7. The lowest BCUT2D eigenvalue weighted by Crippen LogP contribution is -2.33. The Morgan fingerprint density at radius 1 is 1.25 bits per heavy atom. The number of hydrogen-bond donors (Lipinski definition) is 5. The van der Waals surface area contributed by atoms with Crippen molar-refractivity contribution >= 4 is 17.0 Å². The second-order valence-electron chi connectivity index (χ2n) is 6.20. The van der Waals surface area contributed by atoms with Crippen LogP contribution in [-0.4, -0.2) is 72.0 Å². The molecule has 1 unspecified atom stereocenters. The quantitative estimate of drug-likeness (QED) is 0.361. The van der Waals surface area contributed by atoms with Crippen LogP contribution in [0.15, 0.2) is 23.3 Å². The van der Waals surface area contributed by atoms with Crippen molar-refractivity contribution in [2.45, 2.75) is 31.1 Å². The predicted molar refractivity (Wildman–Crippen MR) is 92.6 cm³/mol. The molecule has 0 saturated carbocycles. The summed E-state index contributed by atoms with van der Waals surface area (Å²) >= 11 is 0. The van der Waals surface area contributed by atoms with Gasteiger partial charge in [-0.3, -0.25) is 4.57 Å². The molecule has 0 aliphatic carbocycles. The van der Waals surface area contributed by atoms with Crippen molar-refractivity contribution in [2.24, 2.45) is 0 Å². The number of ether oxygens (including phenoxy) is 2. The smallest absolute Gasteiger partial charge is 0.202 e. The number of nitrogens with zero attached hydrogens (tertiary/aromatic N) is 4. The first-order valence-electron chi connectivity index (χ1n) is 8.42. The summed E-state index contributed by atoms with van der Waals surface area (Å²) in [5.41, 5.74) is 0.742. The topological polar surface area (TPSA) is 168 Å². The van der Waals surface area contributed by atoms with Gasteiger partial charge in [0.05, 0.1) is 26.6 Å². The first kappa shape index (κ1) is 18.4. The first-order valence-corrected chi connectivity index (χ1v) is 8.42. The molecule has 4 rings (SSSR count). The molecule has 0 amide bonds. The number of aromatic nitrogens is 4. The minimum Gasteiger partial charge on any atom is -0.502 e. The third kappa shape index (κ3) is 2.92. The van der Waals surface area contributed by atoms with E-state index in [1.165, 1.54) is 30.6 Å². The summed E-state index contributed by atoms with van der Waals surface area (Å²) in [6.45, 7) is -0.318. The van der Waals surface area contributed by atoms with E-state index in [-0.39, 0.29) is 23.8 Å². The fraction of sp³-hybridized carbons (Fsp3) is 0.438. The average Bonchev–Trinajstić information content (AvgIpc) is 3.37. The summed E-state index contributed by atoms with van der Waals surface area (Å²) in [6, 6.07) is 0. The summed E-state index contributed by atoms with van der Waals surface area (Å²) in [5.74, 6) is 0.729. The molecule has 1 aliphatic rings. The number of aliphatic hydroxyl groups is 3. The zero-order chi connectivity index (χ0) is 19.8. The molecule has 12 nitrogen and oxygen atoms in total. The van der Waals surface area contributed by atoms with Gasteiger partial charge < -0.3 is 39.6 Å². The number of furan rings is 1. The molecule has 0 radical (unpaired) electrons. The summed E-state index contributed by atoms with van der Waals surface area (Å²) in [4.78, 5) is 12.6. The molecule has 0 spiro atoms. The van der Waals surface area contributed by atoms with Crippen molar-refractivity contribution in [1.82, 2.24) is 19.5 Å². The molecule has 0 bridgehead atoms. The molecule has 1 aliphatic heterocycles. The molecule has 1 saturated heterocycles. The maximum Gasteiger partial charge on any atom is 0.202 e. The van der Waals surface area contributed by atoms with Crippen LogP contribution in [-0.2, 0) is 11.3 Å². The molecule has 4 atom stereocenters. The first-order chi connectivity index (χ1) is 13.5. The van der Waals surface area contributed by atoms with Crippen molar-refractivity contribution in [3.05, 3.63) is 24.7 Å². The molecule has 5 N–H and O–H groups in total. The van der Waals surface area contributed by atoms with Gasteiger partial charge in [0, 0.05) is 0 Å². The van der Waals surface area contributed by atoms with E-state index < -0.39 is 31.1 Å². The molecule has 28 heavy (non-hydrogen) atoms. The number of fused-ring (bicyclic) bond motifs is 1. The van der Waals surface area contributed by atoms with Crippen LogP contribution in [0, 0.1) is 0 Å². The van der Waals surface area contributed by atoms with Gasteiger partial charge in [-0.15, -0.1) is 0 Å².